The fourth-order valence-corrected chi connectivity index (χ4v) is 3.46. The molecule has 2 saturated heterocycles. The van der Waals surface area contributed by atoms with E-state index in [1.807, 2.05) is 0 Å². The van der Waals surface area contributed by atoms with Gasteiger partial charge in [0, 0.05) is 51.0 Å². The molecule has 2 aliphatic rings. The molecule has 1 aromatic carbocycles. The van der Waals surface area contributed by atoms with Crippen LogP contribution < -0.4 is 10.6 Å². The molecule has 1 unspecified atom stereocenters. The number of carbonyl (C=O) groups is 2. The lowest BCUT2D eigenvalue weighted by atomic mass is 10.1. The standard InChI is InChI=1S/C18H21FN6O2/c19-14-2-1-3-15(8-14)25-11-13(10-22-25)9-21-18(27)24-7-6-23-5-4-20-17(26)16(23)12-24/h1-3,8,10-11,16H,4-7,9,12H2,(H,20,26)(H,21,27). The van der Waals surface area contributed by atoms with Crippen LogP contribution in [-0.4, -0.2) is 70.3 Å². The molecule has 1 aromatic heterocycles. The zero-order valence-corrected chi connectivity index (χ0v) is 14.8. The van der Waals surface area contributed by atoms with Crippen LogP contribution in [0.2, 0.25) is 0 Å². The van der Waals surface area contributed by atoms with Crippen LogP contribution in [0.15, 0.2) is 36.7 Å². The Morgan fingerprint density at radius 2 is 2.22 bits per heavy atom. The molecule has 1 atom stereocenters. The molecule has 8 nitrogen and oxygen atoms in total. The Morgan fingerprint density at radius 1 is 1.33 bits per heavy atom. The topological polar surface area (TPSA) is 82.5 Å². The van der Waals surface area contributed by atoms with Gasteiger partial charge in [0.25, 0.3) is 0 Å². The molecule has 2 N–H and O–H groups in total. The second-order valence-electron chi connectivity index (χ2n) is 6.72. The summed E-state index contributed by atoms with van der Waals surface area (Å²) >= 11 is 0. The summed E-state index contributed by atoms with van der Waals surface area (Å²) in [6.07, 6.45) is 3.39. The fraction of sp³-hybridized carbons (Fsp3) is 0.389. The fourth-order valence-electron chi connectivity index (χ4n) is 3.46. The highest BCUT2D eigenvalue weighted by molar-refractivity contribution is 5.84. The number of urea groups is 1. The Hall–Kier alpha value is -2.94. The van der Waals surface area contributed by atoms with Crippen LogP contribution in [0.25, 0.3) is 5.69 Å². The Labute approximate surface area is 155 Å². The zero-order chi connectivity index (χ0) is 18.8. The molecule has 9 heteroatoms. The monoisotopic (exact) mass is 372 g/mol. The van der Waals surface area contributed by atoms with E-state index >= 15 is 0 Å². The number of aromatic nitrogens is 2. The number of hydrogen-bond donors (Lipinski definition) is 2. The lowest BCUT2D eigenvalue weighted by Gasteiger charge is -2.42. The second kappa shape index (κ2) is 7.36. The van der Waals surface area contributed by atoms with Crippen molar-refractivity contribution in [3.63, 3.8) is 0 Å². The van der Waals surface area contributed by atoms with Gasteiger partial charge in [-0.15, -0.1) is 0 Å². The first-order valence-corrected chi connectivity index (χ1v) is 8.94. The van der Waals surface area contributed by atoms with E-state index in [0.717, 1.165) is 12.1 Å². The lowest BCUT2D eigenvalue weighted by Crippen LogP contribution is -2.65. The van der Waals surface area contributed by atoms with Gasteiger partial charge in [-0.2, -0.15) is 5.10 Å². The Bertz CT molecular complexity index is 854. The molecule has 3 amide bonds. The average Bonchev–Trinajstić information content (AvgIpc) is 3.15. The smallest absolute Gasteiger partial charge is 0.317 e. The summed E-state index contributed by atoms with van der Waals surface area (Å²) in [5.41, 5.74) is 1.42. The molecule has 2 fully saturated rings. The van der Waals surface area contributed by atoms with E-state index in [1.165, 1.54) is 12.1 Å². The molecule has 0 radical (unpaired) electrons. The van der Waals surface area contributed by atoms with Gasteiger partial charge in [-0.05, 0) is 18.2 Å². The Morgan fingerprint density at radius 3 is 3.07 bits per heavy atom. The SMILES string of the molecule is O=C1NCCN2CCN(C(=O)NCc3cnn(-c4cccc(F)c4)c3)CC12. The first-order chi connectivity index (χ1) is 13.1. The molecule has 0 aliphatic carbocycles. The Kier molecular flexibility index (Phi) is 4.76. The minimum absolute atomic E-state index is 0.0184. The number of halogens is 1. The van der Waals surface area contributed by atoms with E-state index in [2.05, 4.69) is 20.6 Å². The number of nitrogens with zero attached hydrogens (tertiary/aromatic N) is 4. The first-order valence-electron chi connectivity index (χ1n) is 8.94. The minimum Gasteiger partial charge on any atom is -0.353 e. The number of piperazine rings is 2. The molecule has 0 bridgehead atoms. The number of amides is 3. The molecule has 2 aromatic rings. The van der Waals surface area contributed by atoms with Crippen LogP contribution in [0.4, 0.5) is 9.18 Å². The van der Waals surface area contributed by atoms with E-state index < -0.39 is 0 Å². The van der Waals surface area contributed by atoms with Crippen molar-refractivity contribution in [2.24, 2.45) is 0 Å². The maximum Gasteiger partial charge on any atom is 0.317 e. The first kappa shape index (κ1) is 17.5. The van der Waals surface area contributed by atoms with Crippen molar-refractivity contribution < 1.29 is 14.0 Å². The van der Waals surface area contributed by atoms with E-state index in [9.17, 15) is 14.0 Å². The molecule has 3 heterocycles. The highest BCUT2D eigenvalue weighted by Crippen LogP contribution is 2.13. The van der Waals surface area contributed by atoms with Gasteiger partial charge in [-0.1, -0.05) is 6.07 Å². The van der Waals surface area contributed by atoms with Gasteiger partial charge >= 0.3 is 6.03 Å². The van der Waals surface area contributed by atoms with Crippen molar-refractivity contribution in [1.82, 2.24) is 30.2 Å². The molecule has 142 valence electrons. The van der Waals surface area contributed by atoms with Crippen LogP contribution >= 0.6 is 0 Å². The van der Waals surface area contributed by atoms with Gasteiger partial charge < -0.3 is 15.5 Å². The van der Waals surface area contributed by atoms with Gasteiger partial charge in [-0.3, -0.25) is 9.69 Å². The predicted molar refractivity (Wildman–Crippen MR) is 95.7 cm³/mol. The van der Waals surface area contributed by atoms with Gasteiger partial charge in [0.15, 0.2) is 0 Å². The van der Waals surface area contributed by atoms with Gasteiger partial charge in [-0.25, -0.2) is 13.9 Å². The van der Waals surface area contributed by atoms with Crippen molar-refractivity contribution in [2.75, 3.05) is 32.7 Å². The van der Waals surface area contributed by atoms with E-state index in [-0.39, 0.29) is 23.8 Å². The highest BCUT2D eigenvalue weighted by atomic mass is 19.1. The van der Waals surface area contributed by atoms with Crippen molar-refractivity contribution >= 4 is 11.9 Å². The van der Waals surface area contributed by atoms with Crippen LogP contribution in [-0.2, 0) is 11.3 Å². The maximum absolute atomic E-state index is 13.3. The molecule has 2 aliphatic heterocycles. The minimum atomic E-state index is -0.330. The van der Waals surface area contributed by atoms with Crippen molar-refractivity contribution in [3.8, 4) is 5.69 Å². The van der Waals surface area contributed by atoms with Crippen molar-refractivity contribution in [1.29, 1.82) is 0 Å². The number of carbonyl (C=O) groups excluding carboxylic acids is 2. The number of fused-ring (bicyclic) bond motifs is 1. The van der Waals surface area contributed by atoms with E-state index in [4.69, 9.17) is 0 Å². The molecule has 0 saturated carbocycles. The second-order valence-corrected chi connectivity index (χ2v) is 6.72. The summed E-state index contributed by atoms with van der Waals surface area (Å²) in [6.45, 7) is 3.48. The molecular formula is C18H21FN6O2. The largest absolute Gasteiger partial charge is 0.353 e. The van der Waals surface area contributed by atoms with Gasteiger partial charge in [0.05, 0.1) is 11.9 Å². The average molecular weight is 372 g/mol. The van der Waals surface area contributed by atoms with Crippen molar-refractivity contribution in [2.45, 2.75) is 12.6 Å². The summed E-state index contributed by atoms with van der Waals surface area (Å²) in [7, 11) is 0. The number of nitrogens with one attached hydrogen (secondary N) is 2. The normalized spacial score (nSPS) is 20.1. The maximum atomic E-state index is 13.3. The van der Waals surface area contributed by atoms with E-state index in [0.29, 0.717) is 38.4 Å². The van der Waals surface area contributed by atoms with E-state index in [1.54, 1.807) is 34.1 Å². The lowest BCUT2D eigenvalue weighted by molar-refractivity contribution is -0.131. The summed E-state index contributed by atoms with van der Waals surface area (Å²) in [5.74, 6) is -0.348. The molecule has 27 heavy (non-hydrogen) atoms. The number of rotatable bonds is 3. The molecule has 0 spiro atoms. The quantitative estimate of drug-likeness (QED) is 0.814. The third-order valence-corrected chi connectivity index (χ3v) is 4.93. The van der Waals surface area contributed by atoms with Gasteiger partial charge in [0.1, 0.15) is 11.9 Å². The highest BCUT2D eigenvalue weighted by Gasteiger charge is 2.36. The summed E-state index contributed by atoms with van der Waals surface area (Å²) in [5, 5.41) is 9.92. The Balaban J connectivity index is 1.34. The van der Waals surface area contributed by atoms with Crippen molar-refractivity contribution in [3.05, 3.63) is 48.0 Å². The molecular weight excluding hydrogens is 351 g/mol. The summed E-state index contributed by atoms with van der Waals surface area (Å²) in [6, 6.07) is 5.67. The zero-order valence-electron chi connectivity index (χ0n) is 14.8. The van der Waals surface area contributed by atoms with Crippen LogP contribution in [0, 0.1) is 5.82 Å². The van der Waals surface area contributed by atoms with Gasteiger partial charge in [0.2, 0.25) is 5.91 Å². The van der Waals surface area contributed by atoms with Crippen LogP contribution in [0.1, 0.15) is 5.56 Å². The molecule has 4 rings (SSSR count). The predicted octanol–water partition coefficient (Wildman–Crippen LogP) is 0.337. The number of benzene rings is 1. The third-order valence-electron chi connectivity index (χ3n) is 4.93. The van der Waals surface area contributed by atoms with Crippen LogP contribution in [0.5, 0.6) is 0 Å². The van der Waals surface area contributed by atoms with Crippen LogP contribution in [0.3, 0.4) is 0 Å². The number of hydrogen-bond acceptors (Lipinski definition) is 4. The summed E-state index contributed by atoms with van der Waals surface area (Å²) < 4.78 is 14.9. The summed E-state index contributed by atoms with van der Waals surface area (Å²) in [4.78, 5) is 28.2. The third kappa shape index (κ3) is 3.77.